The van der Waals surface area contributed by atoms with E-state index in [9.17, 15) is 9.59 Å². The number of fused-ring (bicyclic) bond motifs is 1. The van der Waals surface area contributed by atoms with Gasteiger partial charge in [-0.2, -0.15) is 0 Å². The first-order valence-corrected chi connectivity index (χ1v) is 11.3. The Balaban J connectivity index is 1.83. The van der Waals surface area contributed by atoms with E-state index in [-0.39, 0.29) is 24.0 Å². The zero-order valence-corrected chi connectivity index (χ0v) is 20.4. The second-order valence-electron chi connectivity index (χ2n) is 8.55. The molecule has 0 saturated heterocycles. The van der Waals surface area contributed by atoms with Crippen LogP contribution in [-0.2, 0) is 4.74 Å². The second-order valence-corrected chi connectivity index (χ2v) is 8.55. The zero-order valence-electron chi connectivity index (χ0n) is 20.4. The summed E-state index contributed by atoms with van der Waals surface area (Å²) >= 11 is 0. The van der Waals surface area contributed by atoms with Gasteiger partial charge >= 0.3 is 6.03 Å². The van der Waals surface area contributed by atoms with Gasteiger partial charge in [-0.15, -0.1) is 0 Å². The molecule has 3 atom stereocenters. The largest absolute Gasteiger partial charge is 0.495 e. The Hall–Kier alpha value is -3.30. The van der Waals surface area contributed by atoms with Gasteiger partial charge in [-0.1, -0.05) is 19.1 Å². The molecule has 0 unspecified atom stereocenters. The highest BCUT2D eigenvalue weighted by atomic mass is 16.5. The van der Waals surface area contributed by atoms with Gasteiger partial charge in [0.15, 0.2) is 0 Å². The average molecular weight is 471 g/mol. The Morgan fingerprint density at radius 2 is 1.91 bits per heavy atom. The van der Waals surface area contributed by atoms with E-state index < -0.39 is 6.03 Å². The Morgan fingerprint density at radius 1 is 1.15 bits per heavy atom. The van der Waals surface area contributed by atoms with Crippen molar-refractivity contribution in [1.29, 1.82) is 0 Å². The molecular formula is C25H34N4O5. The number of hydrogen-bond donors (Lipinski definition) is 3. The lowest BCUT2D eigenvalue weighted by atomic mass is 10.0. The maximum absolute atomic E-state index is 13.3. The lowest BCUT2D eigenvalue weighted by molar-refractivity contribution is 0.0281. The van der Waals surface area contributed by atoms with Gasteiger partial charge in [0.25, 0.3) is 5.91 Å². The number of methoxy groups -OCH3 is 2. The lowest BCUT2D eigenvalue weighted by Gasteiger charge is -2.30. The van der Waals surface area contributed by atoms with E-state index in [4.69, 9.17) is 14.2 Å². The summed E-state index contributed by atoms with van der Waals surface area (Å²) in [4.78, 5) is 27.6. The van der Waals surface area contributed by atoms with Crippen molar-refractivity contribution in [3.63, 3.8) is 0 Å². The molecule has 184 valence electrons. The van der Waals surface area contributed by atoms with Gasteiger partial charge in [-0.3, -0.25) is 4.79 Å². The van der Waals surface area contributed by atoms with Crippen LogP contribution in [0.4, 0.5) is 16.2 Å². The summed E-state index contributed by atoms with van der Waals surface area (Å²) in [6.45, 7) is 5.70. The second kappa shape index (κ2) is 11.7. The number of carbonyl (C=O) groups is 2. The molecule has 0 bridgehead atoms. The quantitative estimate of drug-likeness (QED) is 0.633. The minimum absolute atomic E-state index is 0.0875. The van der Waals surface area contributed by atoms with Crippen molar-refractivity contribution in [3.05, 3.63) is 48.0 Å². The minimum atomic E-state index is -0.453. The number of nitrogens with one attached hydrogen (secondary N) is 3. The fourth-order valence-electron chi connectivity index (χ4n) is 3.77. The van der Waals surface area contributed by atoms with E-state index >= 15 is 0 Å². The number of likely N-dealkylation sites (N-methyl/N-ethyl adjacent to an activating group) is 1. The molecule has 2 aromatic rings. The van der Waals surface area contributed by atoms with Crippen LogP contribution >= 0.6 is 0 Å². The van der Waals surface area contributed by atoms with Gasteiger partial charge in [0.05, 0.1) is 24.5 Å². The molecule has 1 heterocycles. The summed E-state index contributed by atoms with van der Waals surface area (Å²) in [5.74, 6) is 1.00. The summed E-state index contributed by atoms with van der Waals surface area (Å²) in [6, 6.07) is 11.8. The lowest BCUT2D eigenvalue weighted by Crippen LogP contribution is -2.44. The number of hydrogen-bond acceptors (Lipinski definition) is 6. The van der Waals surface area contributed by atoms with E-state index in [2.05, 4.69) is 22.9 Å². The molecule has 9 heteroatoms. The van der Waals surface area contributed by atoms with E-state index in [1.54, 1.807) is 55.5 Å². The van der Waals surface area contributed by atoms with Gasteiger partial charge in [0, 0.05) is 39.0 Å². The fraction of sp³-hybridized carbons (Fsp3) is 0.440. The third-order valence-electron chi connectivity index (χ3n) is 5.84. The van der Waals surface area contributed by atoms with Crippen LogP contribution in [0.3, 0.4) is 0 Å². The molecule has 2 aromatic carbocycles. The number of para-hydroxylation sites is 2. The SMILES string of the molecule is COc1ccccc1NC(=O)Nc1ccc2c(c1)C(=O)N(C)C[C@@H](OC)[C@H](C)CN[C@@H](C)CO2. The minimum Gasteiger partial charge on any atom is -0.495 e. The summed E-state index contributed by atoms with van der Waals surface area (Å²) in [5.41, 5.74) is 1.37. The molecule has 0 aromatic heterocycles. The molecule has 0 fully saturated rings. The zero-order chi connectivity index (χ0) is 24.7. The summed E-state index contributed by atoms with van der Waals surface area (Å²) < 4.78 is 16.9. The Kier molecular flexibility index (Phi) is 8.72. The third-order valence-corrected chi connectivity index (χ3v) is 5.84. The van der Waals surface area contributed by atoms with Crippen molar-refractivity contribution < 1.29 is 23.8 Å². The van der Waals surface area contributed by atoms with Crippen LogP contribution in [0.25, 0.3) is 0 Å². The standard InChI is InChI=1S/C25H34N4O5/c1-16-13-26-17(2)15-34-21-11-10-18(12-19(21)24(30)29(3)14-23(16)33-5)27-25(31)28-20-8-6-7-9-22(20)32-4/h6-12,16-17,23,26H,13-15H2,1-5H3,(H2,27,28,31)/t16-,17+,23-/m1/s1. The molecule has 0 radical (unpaired) electrons. The van der Waals surface area contributed by atoms with Crippen LogP contribution in [-0.4, -0.2) is 69.9 Å². The third kappa shape index (κ3) is 6.39. The molecule has 1 aliphatic heterocycles. The average Bonchev–Trinajstić information content (AvgIpc) is 2.84. The first-order valence-electron chi connectivity index (χ1n) is 11.3. The first-order chi connectivity index (χ1) is 16.3. The monoisotopic (exact) mass is 470 g/mol. The van der Waals surface area contributed by atoms with Gasteiger partial charge < -0.3 is 35.1 Å². The smallest absolute Gasteiger partial charge is 0.323 e. The molecule has 9 nitrogen and oxygen atoms in total. The highest BCUT2D eigenvalue weighted by Gasteiger charge is 2.25. The van der Waals surface area contributed by atoms with Crippen molar-refractivity contribution in [2.45, 2.75) is 26.0 Å². The van der Waals surface area contributed by atoms with Gasteiger partial charge in [-0.05, 0) is 43.2 Å². The number of benzene rings is 2. The van der Waals surface area contributed by atoms with Crippen molar-refractivity contribution >= 4 is 23.3 Å². The van der Waals surface area contributed by atoms with Gasteiger partial charge in [-0.25, -0.2) is 4.79 Å². The number of anilines is 2. The van der Waals surface area contributed by atoms with Crippen molar-refractivity contribution in [1.82, 2.24) is 10.2 Å². The maximum Gasteiger partial charge on any atom is 0.323 e. The number of amides is 3. The van der Waals surface area contributed by atoms with Crippen LogP contribution in [0.5, 0.6) is 11.5 Å². The number of rotatable bonds is 4. The van der Waals surface area contributed by atoms with Crippen molar-refractivity contribution in [2.75, 3.05) is 51.6 Å². The van der Waals surface area contributed by atoms with Gasteiger partial charge in [0.1, 0.15) is 18.1 Å². The fourth-order valence-corrected chi connectivity index (χ4v) is 3.77. The Morgan fingerprint density at radius 3 is 2.65 bits per heavy atom. The van der Waals surface area contributed by atoms with Crippen LogP contribution in [0.15, 0.2) is 42.5 Å². The number of urea groups is 1. The maximum atomic E-state index is 13.3. The molecule has 0 aliphatic carbocycles. The number of nitrogens with zero attached hydrogens (tertiary/aromatic N) is 1. The topological polar surface area (TPSA) is 101 Å². The normalized spacial score (nSPS) is 21.4. The molecule has 1 aliphatic rings. The Bertz CT molecular complexity index is 999. The number of carbonyl (C=O) groups excluding carboxylic acids is 2. The summed E-state index contributed by atoms with van der Waals surface area (Å²) in [5, 5.41) is 9.00. The molecule has 3 amide bonds. The van der Waals surface area contributed by atoms with Crippen LogP contribution in [0.2, 0.25) is 0 Å². The molecule has 0 spiro atoms. The highest BCUT2D eigenvalue weighted by molar-refractivity contribution is 6.03. The Labute approximate surface area is 200 Å². The van der Waals surface area contributed by atoms with E-state index in [0.717, 1.165) is 6.54 Å². The van der Waals surface area contributed by atoms with Gasteiger partial charge in [0.2, 0.25) is 0 Å². The van der Waals surface area contributed by atoms with E-state index in [1.807, 2.05) is 13.0 Å². The number of ether oxygens (including phenoxy) is 3. The molecule has 0 saturated carbocycles. The van der Waals surface area contributed by atoms with Crippen LogP contribution in [0.1, 0.15) is 24.2 Å². The predicted octanol–water partition coefficient (Wildman–Crippen LogP) is 3.43. The molecule has 34 heavy (non-hydrogen) atoms. The van der Waals surface area contributed by atoms with E-state index in [0.29, 0.717) is 41.6 Å². The predicted molar refractivity (Wildman–Crippen MR) is 132 cm³/mol. The van der Waals surface area contributed by atoms with Crippen molar-refractivity contribution in [3.8, 4) is 11.5 Å². The van der Waals surface area contributed by atoms with E-state index in [1.165, 1.54) is 7.11 Å². The molecule has 3 rings (SSSR count). The van der Waals surface area contributed by atoms with Crippen LogP contribution in [0, 0.1) is 5.92 Å². The van der Waals surface area contributed by atoms with Crippen LogP contribution < -0.4 is 25.4 Å². The first kappa shape index (κ1) is 25.3. The summed E-state index contributed by atoms with van der Waals surface area (Å²) in [6.07, 6.45) is -0.120. The summed E-state index contributed by atoms with van der Waals surface area (Å²) in [7, 11) is 4.94. The molecular weight excluding hydrogens is 436 g/mol. The highest BCUT2D eigenvalue weighted by Crippen LogP contribution is 2.27. The van der Waals surface area contributed by atoms with Crippen molar-refractivity contribution in [2.24, 2.45) is 5.92 Å². The molecule has 3 N–H and O–H groups in total.